The number of benzene rings is 1. The number of β-lactam (4-membered cyclic amide) rings is 1. The monoisotopic (exact) mass is 268 g/mol. The van der Waals surface area contributed by atoms with E-state index >= 15 is 0 Å². The number of nitrogens with zero attached hydrogens (tertiary/aromatic N) is 1. The van der Waals surface area contributed by atoms with Gasteiger partial charge in [-0.25, -0.2) is 4.31 Å². The molecule has 2 atom stereocenters. The minimum absolute atomic E-state index is 0.372. The molecule has 6 nitrogen and oxygen atoms in total. The quantitative estimate of drug-likeness (QED) is 0.595. The van der Waals surface area contributed by atoms with E-state index < -0.39 is 28.3 Å². The van der Waals surface area contributed by atoms with Crippen LogP contribution in [0.4, 0.5) is 0 Å². The van der Waals surface area contributed by atoms with Gasteiger partial charge in [0.05, 0.1) is 6.04 Å². The lowest BCUT2D eigenvalue weighted by Crippen LogP contribution is -2.69. The van der Waals surface area contributed by atoms with Crippen LogP contribution in [-0.2, 0) is 15.1 Å². The highest BCUT2D eigenvalue weighted by atomic mass is 32.2. The van der Waals surface area contributed by atoms with Crippen LogP contribution in [0.25, 0.3) is 6.08 Å². The van der Waals surface area contributed by atoms with E-state index in [1.807, 2.05) is 30.3 Å². The summed E-state index contributed by atoms with van der Waals surface area (Å²) < 4.78 is 31.2. The van der Waals surface area contributed by atoms with Crippen LogP contribution >= 0.6 is 0 Å². The SMILES string of the molecule is N[C@H]1C(=O)N(S(=O)(=O)O)[C@H]1C=Cc1ccccc1. The smallest absolute Gasteiger partial charge is 0.318 e. The van der Waals surface area contributed by atoms with Crippen molar-refractivity contribution >= 4 is 22.3 Å². The lowest BCUT2D eigenvalue weighted by Gasteiger charge is -2.40. The number of rotatable bonds is 3. The van der Waals surface area contributed by atoms with Gasteiger partial charge in [-0.1, -0.05) is 42.5 Å². The standard InChI is InChI=1S/C11H12N2O4S/c12-10-9(13(11(10)14)18(15,16)17)7-6-8-4-2-1-3-5-8/h1-7,9-10H,12H2,(H,15,16,17)/t9-,10+/m0/s1. The Morgan fingerprint density at radius 3 is 2.44 bits per heavy atom. The summed E-state index contributed by atoms with van der Waals surface area (Å²) in [6.45, 7) is 0. The third-order valence-electron chi connectivity index (χ3n) is 2.68. The van der Waals surface area contributed by atoms with Gasteiger partial charge in [0.1, 0.15) is 6.04 Å². The van der Waals surface area contributed by atoms with Gasteiger partial charge in [0.25, 0.3) is 5.91 Å². The minimum Gasteiger partial charge on any atom is -0.318 e. The number of hydrogen-bond acceptors (Lipinski definition) is 4. The summed E-state index contributed by atoms with van der Waals surface area (Å²) >= 11 is 0. The van der Waals surface area contributed by atoms with Crippen molar-refractivity contribution in [1.82, 2.24) is 4.31 Å². The molecule has 0 aliphatic carbocycles. The molecule has 0 unspecified atom stereocenters. The second-order valence-corrected chi connectivity index (χ2v) is 5.19. The summed E-state index contributed by atoms with van der Waals surface area (Å²) in [7, 11) is -4.55. The average Bonchev–Trinajstić information content (AvgIpc) is 2.33. The fraction of sp³-hybridized carbons (Fsp3) is 0.182. The molecule has 1 aliphatic heterocycles. The van der Waals surface area contributed by atoms with Crippen LogP contribution in [0.15, 0.2) is 36.4 Å². The minimum atomic E-state index is -4.55. The van der Waals surface area contributed by atoms with Gasteiger partial charge in [0.15, 0.2) is 0 Å². The van der Waals surface area contributed by atoms with Gasteiger partial charge in [-0.15, -0.1) is 0 Å². The first-order valence-corrected chi connectivity index (χ1v) is 6.60. The van der Waals surface area contributed by atoms with E-state index in [1.165, 1.54) is 6.08 Å². The Hall–Kier alpha value is -1.70. The third kappa shape index (κ3) is 2.28. The molecule has 1 saturated heterocycles. The molecular formula is C11H12N2O4S. The number of carbonyl (C=O) groups is 1. The summed E-state index contributed by atoms with van der Waals surface area (Å²) in [6, 6.07) is 7.36. The molecule has 18 heavy (non-hydrogen) atoms. The molecule has 0 bridgehead atoms. The average molecular weight is 268 g/mol. The van der Waals surface area contributed by atoms with E-state index in [1.54, 1.807) is 6.08 Å². The summed E-state index contributed by atoms with van der Waals surface area (Å²) in [6.07, 6.45) is 3.13. The Balaban J connectivity index is 2.19. The Labute approximate surface area is 105 Å². The fourth-order valence-corrected chi connectivity index (χ4v) is 2.60. The van der Waals surface area contributed by atoms with Crippen LogP contribution in [0.2, 0.25) is 0 Å². The summed E-state index contributed by atoms with van der Waals surface area (Å²) in [4.78, 5) is 11.3. The summed E-state index contributed by atoms with van der Waals surface area (Å²) in [5, 5.41) is 0. The lowest BCUT2D eigenvalue weighted by atomic mass is 9.99. The van der Waals surface area contributed by atoms with E-state index in [2.05, 4.69) is 0 Å². The highest BCUT2D eigenvalue weighted by Gasteiger charge is 2.49. The summed E-state index contributed by atoms with van der Waals surface area (Å²) in [5.74, 6) is -0.805. The number of nitrogens with two attached hydrogens (primary N) is 1. The van der Waals surface area contributed by atoms with Gasteiger partial charge in [0, 0.05) is 0 Å². The second kappa shape index (κ2) is 4.52. The van der Waals surface area contributed by atoms with Crippen molar-refractivity contribution in [2.75, 3.05) is 0 Å². The number of carbonyl (C=O) groups excluding carboxylic acids is 1. The number of amides is 1. The Kier molecular flexibility index (Phi) is 3.20. The topological polar surface area (TPSA) is 101 Å². The zero-order valence-electron chi connectivity index (χ0n) is 9.30. The largest absolute Gasteiger partial charge is 0.362 e. The molecule has 1 amide bonds. The van der Waals surface area contributed by atoms with Crippen LogP contribution in [0.3, 0.4) is 0 Å². The van der Waals surface area contributed by atoms with Crippen molar-refractivity contribution in [1.29, 1.82) is 0 Å². The molecule has 0 radical (unpaired) electrons. The highest BCUT2D eigenvalue weighted by molar-refractivity contribution is 7.84. The maximum absolute atomic E-state index is 11.3. The van der Waals surface area contributed by atoms with Crippen LogP contribution in [0.1, 0.15) is 5.56 Å². The first-order chi connectivity index (χ1) is 8.41. The maximum Gasteiger partial charge on any atom is 0.362 e. The van der Waals surface area contributed by atoms with Gasteiger partial charge >= 0.3 is 10.3 Å². The fourth-order valence-electron chi connectivity index (χ4n) is 1.74. The van der Waals surface area contributed by atoms with E-state index in [9.17, 15) is 13.2 Å². The molecule has 1 aromatic rings. The van der Waals surface area contributed by atoms with Crippen LogP contribution in [0, 0.1) is 0 Å². The van der Waals surface area contributed by atoms with Crippen LogP contribution in [-0.4, -0.2) is 35.3 Å². The maximum atomic E-state index is 11.3. The van der Waals surface area contributed by atoms with Gasteiger partial charge in [0.2, 0.25) is 0 Å². The lowest BCUT2D eigenvalue weighted by molar-refractivity contribution is -0.138. The number of hydrogen-bond donors (Lipinski definition) is 2. The molecule has 1 aromatic carbocycles. The van der Waals surface area contributed by atoms with Crippen molar-refractivity contribution in [3.05, 3.63) is 42.0 Å². The Bertz CT molecular complexity index is 582. The van der Waals surface area contributed by atoms with Crippen molar-refractivity contribution in [3.8, 4) is 0 Å². The third-order valence-corrected chi connectivity index (χ3v) is 3.60. The predicted molar refractivity (Wildman–Crippen MR) is 65.6 cm³/mol. The molecule has 0 saturated carbocycles. The van der Waals surface area contributed by atoms with Gasteiger partial charge in [-0.2, -0.15) is 8.42 Å². The van der Waals surface area contributed by atoms with Crippen molar-refractivity contribution in [2.45, 2.75) is 12.1 Å². The molecular weight excluding hydrogens is 256 g/mol. The van der Waals surface area contributed by atoms with E-state index in [-0.39, 0.29) is 0 Å². The zero-order valence-corrected chi connectivity index (χ0v) is 10.1. The van der Waals surface area contributed by atoms with E-state index in [0.29, 0.717) is 4.31 Å². The van der Waals surface area contributed by atoms with Crippen molar-refractivity contribution in [3.63, 3.8) is 0 Å². The van der Waals surface area contributed by atoms with E-state index in [0.717, 1.165) is 5.56 Å². The predicted octanol–water partition coefficient (Wildman–Crippen LogP) is 0.0407. The first kappa shape index (κ1) is 12.7. The second-order valence-electron chi connectivity index (χ2n) is 3.90. The molecule has 1 aliphatic rings. The molecule has 2 rings (SSSR count). The first-order valence-electron chi connectivity index (χ1n) is 5.21. The van der Waals surface area contributed by atoms with Gasteiger partial charge < -0.3 is 5.73 Å². The molecule has 7 heteroatoms. The highest BCUT2D eigenvalue weighted by Crippen LogP contribution is 2.23. The normalized spacial score (nSPS) is 24.3. The van der Waals surface area contributed by atoms with Crippen LogP contribution in [0.5, 0.6) is 0 Å². The Morgan fingerprint density at radius 1 is 1.28 bits per heavy atom. The van der Waals surface area contributed by atoms with E-state index in [4.69, 9.17) is 10.3 Å². The van der Waals surface area contributed by atoms with Gasteiger partial charge in [-0.3, -0.25) is 9.35 Å². The van der Waals surface area contributed by atoms with Crippen molar-refractivity contribution < 1.29 is 17.8 Å². The van der Waals surface area contributed by atoms with Crippen molar-refractivity contribution in [2.24, 2.45) is 5.73 Å². The Morgan fingerprint density at radius 2 is 1.89 bits per heavy atom. The molecule has 0 aromatic heterocycles. The zero-order chi connectivity index (χ0) is 13.3. The van der Waals surface area contributed by atoms with Gasteiger partial charge in [-0.05, 0) is 5.56 Å². The molecule has 3 N–H and O–H groups in total. The summed E-state index contributed by atoms with van der Waals surface area (Å²) in [5.41, 5.74) is 6.35. The molecule has 1 fully saturated rings. The van der Waals surface area contributed by atoms with Crippen LogP contribution < -0.4 is 5.73 Å². The molecule has 96 valence electrons. The molecule has 1 heterocycles. The molecule has 0 spiro atoms.